The van der Waals surface area contributed by atoms with E-state index in [-0.39, 0.29) is 0 Å². The molecule has 2 aromatic carbocycles. The highest BCUT2D eigenvalue weighted by molar-refractivity contribution is 7.09. The molecule has 2 N–H and O–H groups in total. The highest BCUT2D eigenvalue weighted by Gasteiger charge is 2.04. The van der Waals surface area contributed by atoms with Gasteiger partial charge in [0.2, 0.25) is 0 Å². The van der Waals surface area contributed by atoms with E-state index in [2.05, 4.69) is 10.4 Å². The highest BCUT2D eigenvalue weighted by Crippen LogP contribution is 2.24. The molecule has 3 aromatic rings. The van der Waals surface area contributed by atoms with Gasteiger partial charge < -0.3 is 15.2 Å². The Hall–Kier alpha value is -2.37. The molecule has 0 amide bonds. The monoisotopic (exact) mass is 340 g/mol. The summed E-state index contributed by atoms with van der Waals surface area (Å²) in [5.74, 6) is 1.68. The highest BCUT2D eigenvalue weighted by atomic mass is 32.1. The fourth-order valence-corrected chi connectivity index (χ4v) is 3.06. The summed E-state index contributed by atoms with van der Waals surface area (Å²) in [7, 11) is 0. The summed E-state index contributed by atoms with van der Waals surface area (Å²) in [6.45, 7) is 1.65. The van der Waals surface area contributed by atoms with E-state index in [0.29, 0.717) is 19.8 Å². The third-order valence-corrected chi connectivity index (χ3v) is 4.33. The molecule has 0 bridgehead atoms. The summed E-state index contributed by atoms with van der Waals surface area (Å²) in [4.78, 5) is 4.59. The van der Waals surface area contributed by atoms with Gasteiger partial charge in [-0.1, -0.05) is 18.2 Å². The van der Waals surface area contributed by atoms with E-state index in [1.807, 2.05) is 54.6 Å². The number of thiazole rings is 1. The van der Waals surface area contributed by atoms with Crippen LogP contribution in [0.5, 0.6) is 11.5 Å². The Morgan fingerprint density at radius 2 is 1.54 bits per heavy atom. The number of nitrogens with two attached hydrogens (primary N) is 1. The quantitative estimate of drug-likeness (QED) is 0.634. The molecule has 1 heterocycles. The van der Waals surface area contributed by atoms with Crippen LogP contribution in [0.4, 0.5) is 0 Å². The van der Waals surface area contributed by atoms with Crippen molar-refractivity contribution < 1.29 is 9.47 Å². The van der Waals surface area contributed by atoms with E-state index < -0.39 is 0 Å². The predicted octanol–water partition coefficient (Wildman–Crippen LogP) is 3.77. The third kappa shape index (κ3) is 4.57. The molecule has 1 aromatic heterocycles. The molecule has 0 atom stereocenters. The number of hydrogen-bond donors (Lipinski definition) is 1. The zero-order valence-corrected chi connectivity index (χ0v) is 14.2. The number of hydrogen-bond acceptors (Lipinski definition) is 5. The molecule has 5 heteroatoms. The molecule has 0 spiro atoms. The van der Waals surface area contributed by atoms with Crippen LogP contribution in [0.15, 0.2) is 60.0 Å². The molecule has 0 aliphatic heterocycles. The third-order valence-electron chi connectivity index (χ3n) is 3.42. The average Bonchev–Trinajstić information content (AvgIpc) is 3.09. The van der Waals surface area contributed by atoms with Crippen molar-refractivity contribution in [3.63, 3.8) is 0 Å². The largest absolute Gasteiger partial charge is 0.490 e. The number of ether oxygens (including phenoxy) is 2. The van der Waals surface area contributed by atoms with Gasteiger partial charge in [-0.15, -0.1) is 11.3 Å². The first-order valence-corrected chi connectivity index (χ1v) is 8.78. The Bertz CT molecular complexity index is 742. The van der Waals surface area contributed by atoms with Gasteiger partial charge in [0.25, 0.3) is 0 Å². The molecule has 0 saturated heterocycles. The number of aromatic nitrogens is 1. The Morgan fingerprint density at radius 3 is 2.21 bits per heavy atom. The minimum atomic E-state index is 0.506. The first kappa shape index (κ1) is 16.5. The molecule has 0 fully saturated rings. The van der Waals surface area contributed by atoms with Gasteiger partial charge in [0, 0.05) is 17.4 Å². The molecule has 4 nitrogen and oxygen atoms in total. The number of nitrogens with zero attached hydrogens (tertiary/aromatic N) is 1. The second-order valence-electron chi connectivity index (χ2n) is 5.20. The van der Waals surface area contributed by atoms with Crippen molar-refractivity contribution in [3.05, 3.63) is 65.0 Å². The van der Waals surface area contributed by atoms with E-state index in [9.17, 15) is 0 Å². The van der Waals surface area contributed by atoms with Crippen LogP contribution in [0.2, 0.25) is 0 Å². The molecule has 0 aliphatic rings. The lowest BCUT2D eigenvalue weighted by molar-refractivity contribution is 0.217. The molecule has 24 heavy (non-hydrogen) atoms. The molecule has 0 unspecified atom stereocenters. The van der Waals surface area contributed by atoms with Crippen molar-refractivity contribution in [2.45, 2.75) is 6.42 Å². The van der Waals surface area contributed by atoms with E-state index in [1.165, 1.54) is 0 Å². The Kier molecular flexibility index (Phi) is 5.82. The molecular formula is C19H20N2O2S. The molecule has 124 valence electrons. The lowest BCUT2D eigenvalue weighted by atomic mass is 10.2. The summed E-state index contributed by atoms with van der Waals surface area (Å²) in [6.07, 6.45) is 0.827. The standard InChI is InChI=1S/C19H20N2O2S/c20-11-10-19-21-18(14-24-19)15-6-8-17(9-7-15)23-13-12-22-16-4-2-1-3-5-16/h1-9,14H,10-13,20H2. The van der Waals surface area contributed by atoms with Crippen molar-refractivity contribution >= 4 is 11.3 Å². The lowest BCUT2D eigenvalue weighted by Crippen LogP contribution is -2.08. The summed E-state index contributed by atoms with van der Waals surface area (Å²) < 4.78 is 11.3. The molecular weight excluding hydrogens is 320 g/mol. The summed E-state index contributed by atoms with van der Waals surface area (Å²) in [5, 5.41) is 3.14. The van der Waals surface area contributed by atoms with Crippen LogP contribution in [-0.2, 0) is 6.42 Å². The zero-order chi connectivity index (χ0) is 16.6. The van der Waals surface area contributed by atoms with Crippen molar-refractivity contribution in [2.24, 2.45) is 5.73 Å². The van der Waals surface area contributed by atoms with Crippen LogP contribution in [0, 0.1) is 0 Å². The maximum atomic E-state index is 5.70. The second-order valence-corrected chi connectivity index (χ2v) is 6.14. The normalized spacial score (nSPS) is 10.5. The maximum absolute atomic E-state index is 5.70. The van der Waals surface area contributed by atoms with Crippen molar-refractivity contribution in [3.8, 4) is 22.8 Å². The van der Waals surface area contributed by atoms with E-state index in [0.717, 1.165) is 34.2 Å². The van der Waals surface area contributed by atoms with Crippen molar-refractivity contribution in [1.29, 1.82) is 0 Å². The van der Waals surface area contributed by atoms with Gasteiger partial charge in [-0.2, -0.15) is 0 Å². The summed E-state index contributed by atoms with van der Waals surface area (Å²) in [5.41, 5.74) is 7.64. The fourth-order valence-electron chi connectivity index (χ4n) is 2.24. The Morgan fingerprint density at radius 1 is 0.875 bits per heavy atom. The number of rotatable bonds is 8. The van der Waals surface area contributed by atoms with Crippen LogP contribution in [-0.4, -0.2) is 24.7 Å². The number of benzene rings is 2. The van der Waals surface area contributed by atoms with Crippen LogP contribution in [0.25, 0.3) is 11.3 Å². The first-order valence-electron chi connectivity index (χ1n) is 7.91. The van der Waals surface area contributed by atoms with Crippen LogP contribution in [0.1, 0.15) is 5.01 Å². The second kappa shape index (κ2) is 8.47. The van der Waals surface area contributed by atoms with Gasteiger partial charge in [-0.05, 0) is 42.9 Å². The van der Waals surface area contributed by atoms with Crippen molar-refractivity contribution in [2.75, 3.05) is 19.8 Å². The predicted molar refractivity (Wildman–Crippen MR) is 97.7 cm³/mol. The summed E-state index contributed by atoms with van der Waals surface area (Å²) >= 11 is 1.65. The Labute approximate surface area is 145 Å². The first-order chi connectivity index (χ1) is 11.8. The summed E-state index contributed by atoms with van der Waals surface area (Å²) in [6, 6.07) is 17.7. The van der Waals surface area contributed by atoms with Gasteiger partial charge >= 0.3 is 0 Å². The molecule has 0 radical (unpaired) electrons. The van der Waals surface area contributed by atoms with Crippen molar-refractivity contribution in [1.82, 2.24) is 4.98 Å². The minimum Gasteiger partial charge on any atom is -0.490 e. The van der Waals surface area contributed by atoms with E-state index in [4.69, 9.17) is 15.2 Å². The lowest BCUT2D eigenvalue weighted by Gasteiger charge is -2.08. The zero-order valence-electron chi connectivity index (χ0n) is 13.4. The van der Waals surface area contributed by atoms with Crippen LogP contribution in [0.3, 0.4) is 0 Å². The van der Waals surface area contributed by atoms with Gasteiger partial charge in [0.15, 0.2) is 0 Å². The van der Waals surface area contributed by atoms with Crippen LogP contribution < -0.4 is 15.2 Å². The van der Waals surface area contributed by atoms with Crippen LogP contribution >= 0.6 is 11.3 Å². The van der Waals surface area contributed by atoms with Gasteiger partial charge in [-0.3, -0.25) is 0 Å². The molecule has 0 saturated carbocycles. The van der Waals surface area contributed by atoms with E-state index >= 15 is 0 Å². The number of para-hydroxylation sites is 1. The van der Waals surface area contributed by atoms with E-state index in [1.54, 1.807) is 11.3 Å². The SMILES string of the molecule is NCCc1nc(-c2ccc(OCCOc3ccccc3)cc2)cs1. The molecule has 0 aliphatic carbocycles. The average molecular weight is 340 g/mol. The van der Waals surface area contributed by atoms with Gasteiger partial charge in [-0.25, -0.2) is 4.98 Å². The fraction of sp³-hybridized carbons (Fsp3) is 0.211. The Balaban J connectivity index is 1.49. The smallest absolute Gasteiger partial charge is 0.122 e. The maximum Gasteiger partial charge on any atom is 0.122 e. The molecule has 3 rings (SSSR count). The van der Waals surface area contributed by atoms with Gasteiger partial charge in [0.05, 0.1) is 10.7 Å². The topological polar surface area (TPSA) is 57.4 Å². The minimum absolute atomic E-state index is 0.506. The van der Waals surface area contributed by atoms with Gasteiger partial charge in [0.1, 0.15) is 24.7 Å².